The summed E-state index contributed by atoms with van der Waals surface area (Å²) in [5, 5.41) is 7.47. The zero-order chi connectivity index (χ0) is 21.6. The van der Waals surface area contributed by atoms with E-state index >= 15 is 0 Å². The van der Waals surface area contributed by atoms with E-state index in [1.807, 2.05) is 54.1 Å². The van der Waals surface area contributed by atoms with E-state index in [1.165, 1.54) is 24.8 Å². The highest BCUT2D eigenvalue weighted by Gasteiger charge is 2.23. The van der Waals surface area contributed by atoms with Gasteiger partial charge in [-0.25, -0.2) is 4.68 Å². The lowest BCUT2D eigenvalue weighted by Gasteiger charge is -2.35. The van der Waals surface area contributed by atoms with Crippen molar-refractivity contribution in [2.75, 3.05) is 26.7 Å². The van der Waals surface area contributed by atoms with Crippen molar-refractivity contribution in [2.24, 2.45) is 0 Å². The molecule has 162 valence electrons. The molecule has 2 heterocycles. The molecule has 1 amide bonds. The van der Waals surface area contributed by atoms with Crippen LogP contribution in [0.25, 0.3) is 5.69 Å². The fourth-order valence-corrected chi connectivity index (χ4v) is 4.20. The van der Waals surface area contributed by atoms with E-state index in [1.54, 1.807) is 13.3 Å². The summed E-state index contributed by atoms with van der Waals surface area (Å²) in [5.41, 5.74) is 3.86. The number of carbonyl (C=O) groups is 1. The second-order valence-corrected chi connectivity index (χ2v) is 8.03. The number of benzene rings is 2. The summed E-state index contributed by atoms with van der Waals surface area (Å²) in [6.45, 7) is 4.70. The minimum Gasteiger partial charge on any atom is -0.497 e. The van der Waals surface area contributed by atoms with Crippen LogP contribution in [0.5, 0.6) is 5.75 Å². The Morgan fingerprint density at radius 2 is 1.74 bits per heavy atom. The van der Waals surface area contributed by atoms with E-state index in [0.717, 1.165) is 30.2 Å². The number of piperidine rings is 1. The van der Waals surface area contributed by atoms with Crippen LogP contribution in [0.1, 0.15) is 46.9 Å². The molecule has 0 unspecified atom stereocenters. The molecule has 1 N–H and O–H groups in total. The molecule has 6 nitrogen and oxygen atoms in total. The van der Waals surface area contributed by atoms with E-state index in [-0.39, 0.29) is 11.9 Å². The van der Waals surface area contributed by atoms with Crippen molar-refractivity contribution in [3.8, 4) is 11.4 Å². The van der Waals surface area contributed by atoms with Gasteiger partial charge < -0.3 is 10.1 Å². The highest BCUT2D eigenvalue weighted by Crippen LogP contribution is 2.26. The molecular weight excluding hydrogens is 388 g/mol. The maximum absolute atomic E-state index is 12.9. The molecule has 1 saturated heterocycles. The number of rotatable bonds is 7. The van der Waals surface area contributed by atoms with Crippen molar-refractivity contribution in [2.45, 2.75) is 32.2 Å². The predicted molar refractivity (Wildman–Crippen MR) is 122 cm³/mol. The van der Waals surface area contributed by atoms with E-state index in [2.05, 4.69) is 27.4 Å². The molecule has 1 atom stereocenters. The molecule has 0 radical (unpaired) electrons. The Kier molecular flexibility index (Phi) is 6.67. The zero-order valence-corrected chi connectivity index (χ0v) is 18.3. The molecular formula is C25H30N4O2. The average molecular weight is 419 g/mol. The van der Waals surface area contributed by atoms with Crippen molar-refractivity contribution in [3.05, 3.63) is 77.6 Å². The van der Waals surface area contributed by atoms with Crippen LogP contribution < -0.4 is 10.1 Å². The van der Waals surface area contributed by atoms with Gasteiger partial charge in [0.1, 0.15) is 5.75 Å². The highest BCUT2D eigenvalue weighted by atomic mass is 16.5. The van der Waals surface area contributed by atoms with Crippen molar-refractivity contribution in [3.63, 3.8) is 0 Å². The largest absolute Gasteiger partial charge is 0.497 e. The summed E-state index contributed by atoms with van der Waals surface area (Å²) in [6.07, 6.45) is 5.46. The number of carbonyl (C=O) groups excluding carboxylic acids is 1. The third-order valence-electron chi connectivity index (χ3n) is 5.99. The highest BCUT2D eigenvalue weighted by molar-refractivity contribution is 5.94. The summed E-state index contributed by atoms with van der Waals surface area (Å²) in [4.78, 5) is 15.3. The van der Waals surface area contributed by atoms with Gasteiger partial charge in [-0.3, -0.25) is 9.69 Å². The molecule has 0 spiro atoms. The molecule has 0 bridgehead atoms. The van der Waals surface area contributed by atoms with Crippen molar-refractivity contribution >= 4 is 5.91 Å². The predicted octanol–water partition coefficient (Wildman–Crippen LogP) is 4.15. The van der Waals surface area contributed by atoms with Gasteiger partial charge in [0.2, 0.25) is 0 Å². The van der Waals surface area contributed by atoms with Gasteiger partial charge in [0, 0.05) is 24.0 Å². The van der Waals surface area contributed by atoms with Gasteiger partial charge >= 0.3 is 0 Å². The molecule has 31 heavy (non-hydrogen) atoms. The smallest absolute Gasteiger partial charge is 0.251 e. The quantitative estimate of drug-likeness (QED) is 0.626. The first-order valence-corrected chi connectivity index (χ1v) is 10.9. The molecule has 1 aromatic heterocycles. The third kappa shape index (κ3) is 4.97. The number of methoxy groups -OCH3 is 1. The Hall–Kier alpha value is -3.12. The number of nitrogens with one attached hydrogen (secondary N) is 1. The van der Waals surface area contributed by atoms with Crippen molar-refractivity contribution < 1.29 is 9.53 Å². The van der Waals surface area contributed by atoms with E-state index in [4.69, 9.17) is 4.74 Å². The second kappa shape index (κ2) is 9.79. The van der Waals surface area contributed by atoms with Crippen LogP contribution in [0, 0.1) is 6.92 Å². The number of aromatic nitrogens is 2. The lowest BCUT2D eigenvalue weighted by Crippen LogP contribution is -2.40. The second-order valence-electron chi connectivity index (χ2n) is 8.03. The Balaban J connectivity index is 1.45. The number of aryl methyl sites for hydroxylation is 1. The van der Waals surface area contributed by atoms with Gasteiger partial charge in [-0.2, -0.15) is 5.10 Å². The first-order valence-electron chi connectivity index (χ1n) is 10.9. The zero-order valence-electron chi connectivity index (χ0n) is 18.3. The average Bonchev–Trinajstić information content (AvgIpc) is 3.26. The summed E-state index contributed by atoms with van der Waals surface area (Å²) in [6, 6.07) is 17.9. The van der Waals surface area contributed by atoms with Crippen LogP contribution >= 0.6 is 0 Å². The summed E-state index contributed by atoms with van der Waals surface area (Å²) in [5.74, 6) is 0.789. The molecule has 1 aliphatic heterocycles. The molecule has 6 heteroatoms. The normalized spacial score (nSPS) is 15.4. The SMILES string of the molecule is COc1ccc([C@H](CNC(=O)c2ccc(-n3nccc3C)cc2)N2CCCCC2)cc1. The molecule has 4 rings (SSSR count). The lowest BCUT2D eigenvalue weighted by atomic mass is 10.0. The van der Waals surface area contributed by atoms with Gasteiger partial charge in [0.05, 0.1) is 18.8 Å². The van der Waals surface area contributed by atoms with Crippen LogP contribution in [-0.4, -0.2) is 47.3 Å². The first kappa shape index (κ1) is 21.1. The van der Waals surface area contributed by atoms with Gasteiger partial charge in [-0.15, -0.1) is 0 Å². The molecule has 1 fully saturated rings. The van der Waals surface area contributed by atoms with Crippen LogP contribution in [0.2, 0.25) is 0 Å². The van der Waals surface area contributed by atoms with Crippen LogP contribution in [0.4, 0.5) is 0 Å². The number of likely N-dealkylation sites (tertiary alicyclic amines) is 1. The Bertz CT molecular complexity index is 989. The molecule has 2 aromatic carbocycles. The van der Waals surface area contributed by atoms with E-state index in [0.29, 0.717) is 12.1 Å². The number of nitrogens with zero attached hydrogens (tertiary/aromatic N) is 3. The van der Waals surface area contributed by atoms with Crippen LogP contribution in [0.15, 0.2) is 60.8 Å². The standard InChI is InChI=1S/C25H30N4O2/c1-19-14-15-27-29(19)22-10-6-21(7-11-22)25(30)26-18-24(28-16-4-3-5-17-28)20-8-12-23(31-2)13-9-20/h6-15,24H,3-5,16-18H2,1-2H3,(H,26,30)/t24-/m0/s1. The third-order valence-corrected chi connectivity index (χ3v) is 5.99. The Morgan fingerprint density at radius 3 is 2.35 bits per heavy atom. The molecule has 3 aromatic rings. The maximum atomic E-state index is 12.9. The van der Waals surface area contributed by atoms with Gasteiger partial charge in [0.25, 0.3) is 5.91 Å². The van der Waals surface area contributed by atoms with Crippen LogP contribution in [-0.2, 0) is 0 Å². The Labute approximate surface area is 183 Å². The van der Waals surface area contributed by atoms with E-state index in [9.17, 15) is 4.79 Å². The molecule has 0 saturated carbocycles. The topological polar surface area (TPSA) is 59.4 Å². The molecule has 1 aliphatic rings. The minimum atomic E-state index is -0.0562. The monoisotopic (exact) mass is 418 g/mol. The number of hydrogen-bond donors (Lipinski definition) is 1. The lowest BCUT2D eigenvalue weighted by molar-refractivity contribution is 0.0924. The minimum absolute atomic E-state index is 0.0562. The summed E-state index contributed by atoms with van der Waals surface area (Å²) < 4.78 is 7.16. The fourth-order valence-electron chi connectivity index (χ4n) is 4.20. The van der Waals surface area contributed by atoms with Crippen LogP contribution in [0.3, 0.4) is 0 Å². The first-order chi connectivity index (χ1) is 15.2. The Morgan fingerprint density at radius 1 is 1.03 bits per heavy atom. The van der Waals surface area contributed by atoms with E-state index < -0.39 is 0 Å². The summed E-state index contributed by atoms with van der Waals surface area (Å²) in [7, 11) is 1.68. The number of ether oxygens (including phenoxy) is 1. The van der Waals surface area contributed by atoms with Gasteiger partial charge in [-0.1, -0.05) is 18.6 Å². The molecule has 0 aliphatic carbocycles. The number of amides is 1. The summed E-state index contributed by atoms with van der Waals surface area (Å²) >= 11 is 0. The van der Waals surface area contributed by atoms with Crippen molar-refractivity contribution in [1.82, 2.24) is 20.0 Å². The van der Waals surface area contributed by atoms with Gasteiger partial charge in [-0.05, 0) is 80.9 Å². The number of hydrogen-bond acceptors (Lipinski definition) is 4. The fraction of sp³-hybridized carbons (Fsp3) is 0.360. The maximum Gasteiger partial charge on any atom is 0.251 e. The van der Waals surface area contributed by atoms with Gasteiger partial charge in [0.15, 0.2) is 0 Å². The van der Waals surface area contributed by atoms with Crippen molar-refractivity contribution in [1.29, 1.82) is 0 Å².